The number of methoxy groups -OCH3 is 1. The highest BCUT2D eigenvalue weighted by atomic mass is 79.9. The smallest absolute Gasteiger partial charge is 0.311 e. The fourth-order valence-electron chi connectivity index (χ4n) is 1.99. The number of halogens is 2. The highest BCUT2D eigenvalue weighted by molar-refractivity contribution is 9.10. The van der Waals surface area contributed by atoms with Gasteiger partial charge in [-0.1, -0.05) is 11.6 Å². The quantitative estimate of drug-likeness (QED) is 0.364. The summed E-state index contributed by atoms with van der Waals surface area (Å²) in [4.78, 5) is 11.9. The third-order valence-corrected chi connectivity index (χ3v) is 4.05. The van der Waals surface area contributed by atoms with Gasteiger partial charge < -0.3 is 14.2 Å². The molecule has 0 saturated carbocycles. The zero-order chi connectivity index (χ0) is 18.2. The van der Waals surface area contributed by atoms with Crippen LogP contribution >= 0.6 is 27.5 Å². The number of ether oxygens (including phenoxy) is 3. The standard InChI is InChI=1S/C18H15BrClNO4/c1-23-17-9-12(11-21)4-6-16(17)24-8-2-3-18(22)25-15-7-5-13(20)10-14(15)19/h4-7,9-10H,2-3,8H2,1H3. The van der Waals surface area contributed by atoms with E-state index in [2.05, 4.69) is 15.9 Å². The van der Waals surface area contributed by atoms with E-state index in [-0.39, 0.29) is 12.4 Å². The molecular formula is C18H15BrClNO4. The average Bonchev–Trinajstić information content (AvgIpc) is 2.61. The van der Waals surface area contributed by atoms with Crippen LogP contribution in [-0.4, -0.2) is 19.7 Å². The van der Waals surface area contributed by atoms with Crippen molar-refractivity contribution in [3.8, 4) is 23.3 Å². The summed E-state index contributed by atoms with van der Waals surface area (Å²) in [6, 6.07) is 11.9. The Labute approximate surface area is 159 Å². The van der Waals surface area contributed by atoms with Gasteiger partial charge in [0.2, 0.25) is 0 Å². The summed E-state index contributed by atoms with van der Waals surface area (Å²) in [5.74, 6) is 1.06. The Morgan fingerprint density at radius 1 is 1.20 bits per heavy atom. The molecule has 0 fully saturated rings. The summed E-state index contributed by atoms with van der Waals surface area (Å²) in [7, 11) is 1.50. The molecule has 2 aromatic rings. The third-order valence-electron chi connectivity index (χ3n) is 3.19. The van der Waals surface area contributed by atoms with Crippen LogP contribution in [0.1, 0.15) is 18.4 Å². The lowest BCUT2D eigenvalue weighted by atomic mass is 10.2. The van der Waals surface area contributed by atoms with Crippen LogP contribution in [0, 0.1) is 11.3 Å². The van der Waals surface area contributed by atoms with Crippen molar-refractivity contribution < 1.29 is 19.0 Å². The maximum Gasteiger partial charge on any atom is 0.311 e. The van der Waals surface area contributed by atoms with Gasteiger partial charge in [-0.3, -0.25) is 4.79 Å². The van der Waals surface area contributed by atoms with Crippen molar-refractivity contribution in [1.82, 2.24) is 0 Å². The van der Waals surface area contributed by atoms with E-state index in [9.17, 15) is 4.79 Å². The first-order valence-corrected chi connectivity index (χ1v) is 8.57. The maximum absolute atomic E-state index is 11.9. The predicted octanol–water partition coefficient (Wildman–Crippen LogP) is 4.75. The van der Waals surface area contributed by atoms with Crippen LogP contribution in [0.25, 0.3) is 0 Å². The van der Waals surface area contributed by atoms with Crippen LogP contribution < -0.4 is 14.2 Å². The van der Waals surface area contributed by atoms with Crippen molar-refractivity contribution in [2.75, 3.05) is 13.7 Å². The van der Waals surface area contributed by atoms with Gasteiger partial charge in [-0.15, -0.1) is 0 Å². The maximum atomic E-state index is 11.9. The Morgan fingerprint density at radius 3 is 2.64 bits per heavy atom. The number of hydrogen-bond donors (Lipinski definition) is 0. The monoisotopic (exact) mass is 423 g/mol. The van der Waals surface area contributed by atoms with Crippen molar-refractivity contribution in [3.63, 3.8) is 0 Å². The van der Waals surface area contributed by atoms with Crippen LogP contribution in [0.3, 0.4) is 0 Å². The van der Waals surface area contributed by atoms with Gasteiger partial charge in [0.25, 0.3) is 0 Å². The van der Waals surface area contributed by atoms with Gasteiger partial charge in [0, 0.05) is 17.5 Å². The lowest BCUT2D eigenvalue weighted by Gasteiger charge is -2.11. The predicted molar refractivity (Wildman–Crippen MR) is 97.2 cm³/mol. The van der Waals surface area contributed by atoms with E-state index in [0.29, 0.717) is 45.3 Å². The van der Waals surface area contributed by atoms with E-state index < -0.39 is 0 Å². The molecule has 0 amide bonds. The third kappa shape index (κ3) is 5.66. The fourth-order valence-corrected chi connectivity index (χ4v) is 2.75. The van der Waals surface area contributed by atoms with Gasteiger partial charge in [-0.25, -0.2) is 0 Å². The van der Waals surface area contributed by atoms with Gasteiger partial charge in [-0.05, 0) is 52.7 Å². The van der Waals surface area contributed by atoms with E-state index in [0.717, 1.165) is 0 Å². The molecule has 7 heteroatoms. The number of benzene rings is 2. The molecule has 2 aromatic carbocycles. The number of nitriles is 1. The Bertz CT molecular complexity index is 804. The first-order chi connectivity index (χ1) is 12.0. The van der Waals surface area contributed by atoms with E-state index in [1.54, 1.807) is 36.4 Å². The minimum Gasteiger partial charge on any atom is -0.493 e. The molecule has 0 aliphatic rings. The minimum absolute atomic E-state index is 0.202. The lowest BCUT2D eigenvalue weighted by molar-refractivity contribution is -0.134. The molecule has 0 heterocycles. The van der Waals surface area contributed by atoms with Crippen LogP contribution in [0.2, 0.25) is 5.02 Å². The summed E-state index contributed by atoms with van der Waals surface area (Å²) in [6.07, 6.45) is 0.681. The van der Waals surface area contributed by atoms with Crippen LogP contribution in [0.15, 0.2) is 40.9 Å². The van der Waals surface area contributed by atoms with Crippen molar-refractivity contribution in [3.05, 3.63) is 51.5 Å². The normalized spacial score (nSPS) is 10.0. The number of hydrogen-bond acceptors (Lipinski definition) is 5. The van der Waals surface area contributed by atoms with Gasteiger partial charge in [0.15, 0.2) is 11.5 Å². The summed E-state index contributed by atoms with van der Waals surface area (Å²) >= 11 is 9.14. The van der Waals surface area contributed by atoms with E-state index in [1.165, 1.54) is 7.11 Å². The Morgan fingerprint density at radius 2 is 1.96 bits per heavy atom. The second-order valence-corrected chi connectivity index (χ2v) is 6.27. The van der Waals surface area contributed by atoms with Crippen molar-refractivity contribution in [1.29, 1.82) is 5.26 Å². The van der Waals surface area contributed by atoms with Crippen LogP contribution in [0.5, 0.6) is 17.2 Å². The fraction of sp³-hybridized carbons (Fsp3) is 0.222. The molecule has 5 nitrogen and oxygen atoms in total. The van der Waals surface area contributed by atoms with Gasteiger partial charge in [-0.2, -0.15) is 5.26 Å². The van der Waals surface area contributed by atoms with Gasteiger partial charge >= 0.3 is 5.97 Å². The molecule has 25 heavy (non-hydrogen) atoms. The van der Waals surface area contributed by atoms with Crippen molar-refractivity contribution in [2.45, 2.75) is 12.8 Å². The largest absolute Gasteiger partial charge is 0.493 e. The van der Waals surface area contributed by atoms with E-state index >= 15 is 0 Å². The summed E-state index contributed by atoms with van der Waals surface area (Å²) in [5, 5.41) is 9.42. The summed E-state index contributed by atoms with van der Waals surface area (Å²) < 4.78 is 16.7. The Kier molecular flexibility index (Phi) is 7.11. The molecule has 0 saturated heterocycles. The highest BCUT2D eigenvalue weighted by Crippen LogP contribution is 2.29. The topological polar surface area (TPSA) is 68.5 Å². The summed E-state index contributed by atoms with van der Waals surface area (Å²) in [5.41, 5.74) is 0.487. The Balaban J connectivity index is 1.81. The zero-order valence-electron chi connectivity index (χ0n) is 13.4. The molecule has 0 unspecified atom stereocenters. The molecule has 0 aliphatic carbocycles. The number of esters is 1. The lowest BCUT2D eigenvalue weighted by Crippen LogP contribution is -2.10. The molecule has 0 N–H and O–H groups in total. The first-order valence-electron chi connectivity index (χ1n) is 7.40. The molecule has 2 rings (SSSR count). The van der Waals surface area contributed by atoms with Crippen LogP contribution in [0.4, 0.5) is 0 Å². The molecule has 0 aliphatic heterocycles. The minimum atomic E-state index is -0.363. The zero-order valence-corrected chi connectivity index (χ0v) is 15.8. The molecule has 130 valence electrons. The molecular weight excluding hydrogens is 410 g/mol. The van der Waals surface area contributed by atoms with Crippen molar-refractivity contribution in [2.24, 2.45) is 0 Å². The number of carbonyl (C=O) groups excluding carboxylic acids is 1. The first kappa shape index (κ1) is 19.1. The SMILES string of the molecule is COc1cc(C#N)ccc1OCCCC(=O)Oc1ccc(Cl)cc1Br. The van der Waals surface area contributed by atoms with Crippen molar-refractivity contribution >= 4 is 33.5 Å². The number of rotatable bonds is 7. The molecule has 0 radical (unpaired) electrons. The number of carbonyl (C=O) groups is 1. The van der Waals surface area contributed by atoms with E-state index in [1.807, 2.05) is 6.07 Å². The molecule has 0 atom stereocenters. The average molecular weight is 425 g/mol. The molecule has 0 spiro atoms. The molecule has 0 bridgehead atoms. The van der Waals surface area contributed by atoms with E-state index in [4.69, 9.17) is 31.1 Å². The molecule has 0 aromatic heterocycles. The second kappa shape index (κ2) is 9.30. The second-order valence-electron chi connectivity index (χ2n) is 4.98. The summed E-state index contributed by atoms with van der Waals surface area (Å²) in [6.45, 7) is 0.319. The highest BCUT2D eigenvalue weighted by Gasteiger charge is 2.10. The number of nitrogens with zero attached hydrogens (tertiary/aromatic N) is 1. The van der Waals surface area contributed by atoms with Gasteiger partial charge in [0.05, 0.1) is 29.8 Å². The van der Waals surface area contributed by atoms with Gasteiger partial charge in [0.1, 0.15) is 5.75 Å². The van der Waals surface area contributed by atoms with Crippen LogP contribution in [-0.2, 0) is 4.79 Å². The Hall–Kier alpha value is -2.23.